The molecule has 128 valence electrons. The third-order valence-corrected chi connectivity index (χ3v) is 4.21. The van der Waals surface area contributed by atoms with Crippen LogP contribution in [-0.4, -0.2) is 52.1 Å². The average Bonchev–Trinajstić information content (AvgIpc) is 3.00. The minimum atomic E-state index is -0.836. The molecule has 1 fully saturated rings. The average molecular weight is 336 g/mol. The number of hydrogen-bond acceptors (Lipinski definition) is 5. The van der Waals surface area contributed by atoms with E-state index in [9.17, 15) is 13.6 Å². The standard InChI is InChI=1S/C16H18F2N4O2/c1-10(15-20-19-11(2)24-15)21-5-7-22(8-6-21)16(23)13-4-3-12(17)9-14(13)18/h3-4,9-10H,5-8H2,1-2H3/t10-/m0/s1. The molecule has 0 N–H and O–H groups in total. The number of hydrogen-bond donors (Lipinski definition) is 0. The summed E-state index contributed by atoms with van der Waals surface area (Å²) in [6, 6.07) is 2.95. The fourth-order valence-corrected chi connectivity index (χ4v) is 2.78. The summed E-state index contributed by atoms with van der Waals surface area (Å²) in [6.45, 7) is 5.82. The molecule has 0 bridgehead atoms. The number of aryl methyl sites for hydroxylation is 1. The van der Waals surface area contributed by atoms with Gasteiger partial charge in [0.25, 0.3) is 5.91 Å². The molecule has 1 aliphatic heterocycles. The van der Waals surface area contributed by atoms with E-state index >= 15 is 0 Å². The lowest BCUT2D eigenvalue weighted by molar-refractivity contribution is 0.0553. The summed E-state index contributed by atoms with van der Waals surface area (Å²) in [5.41, 5.74) is -0.106. The van der Waals surface area contributed by atoms with Crippen molar-refractivity contribution in [3.05, 3.63) is 47.2 Å². The molecular weight excluding hydrogens is 318 g/mol. The zero-order valence-corrected chi connectivity index (χ0v) is 13.5. The van der Waals surface area contributed by atoms with E-state index in [0.717, 1.165) is 12.1 Å². The SMILES string of the molecule is Cc1nnc([C@H](C)N2CCN(C(=O)c3ccc(F)cc3F)CC2)o1. The molecule has 1 amide bonds. The summed E-state index contributed by atoms with van der Waals surface area (Å²) in [4.78, 5) is 16.1. The molecule has 1 aromatic heterocycles. The molecule has 3 rings (SSSR count). The normalized spacial score (nSPS) is 17.1. The monoisotopic (exact) mass is 336 g/mol. The van der Waals surface area contributed by atoms with E-state index in [2.05, 4.69) is 15.1 Å². The number of aromatic nitrogens is 2. The minimum Gasteiger partial charge on any atom is -0.424 e. The van der Waals surface area contributed by atoms with E-state index in [0.29, 0.717) is 38.0 Å². The number of amides is 1. The quantitative estimate of drug-likeness (QED) is 0.860. The largest absolute Gasteiger partial charge is 0.424 e. The van der Waals surface area contributed by atoms with E-state index in [1.165, 1.54) is 6.07 Å². The maximum absolute atomic E-state index is 13.8. The third kappa shape index (κ3) is 3.28. The number of halogens is 2. The van der Waals surface area contributed by atoms with Gasteiger partial charge in [0.05, 0.1) is 11.6 Å². The van der Waals surface area contributed by atoms with Crippen LogP contribution in [0.25, 0.3) is 0 Å². The van der Waals surface area contributed by atoms with Crippen molar-refractivity contribution in [1.29, 1.82) is 0 Å². The Morgan fingerprint density at radius 1 is 1.21 bits per heavy atom. The van der Waals surface area contributed by atoms with Gasteiger partial charge in [-0.2, -0.15) is 0 Å². The molecule has 2 heterocycles. The minimum absolute atomic E-state index is 0.0500. The second kappa shape index (κ2) is 6.64. The van der Waals surface area contributed by atoms with Gasteiger partial charge in [-0.3, -0.25) is 9.69 Å². The van der Waals surface area contributed by atoms with E-state index < -0.39 is 17.5 Å². The Balaban J connectivity index is 1.63. The first kappa shape index (κ1) is 16.5. The number of carbonyl (C=O) groups is 1. The summed E-state index contributed by atoms with van der Waals surface area (Å²) in [5.74, 6) is -0.905. The van der Waals surface area contributed by atoms with E-state index in [1.807, 2.05) is 6.92 Å². The summed E-state index contributed by atoms with van der Waals surface area (Å²) in [6.07, 6.45) is 0. The van der Waals surface area contributed by atoms with Crippen molar-refractivity contribution >= 4 is 5.91 Å². The number of benzene rings is 1. The molecule has 1 saturated heterocycles. The fraction of sp³-hybridized carbons (Fsp3) is 0.438. The van der Waals surface area contributed by atoms with E-state index in [1.54, 1.807) is 11.8 Å². The van der Waals surface area contributed by atoms with Crippen LogP contribution < -0.4 is 0 Å². The van der Waals surface area contributed by atoms with Gasteiger partial charge in [0.1, 0.15) is 11.6 Å². The van der Waals surface area contributed by atoms with E-state index in [4.69, 9.17) is 4.42 Å². The van der Waals surface area contributed by atoms with Crippen molar-refractivity contribution < 1.29 is 18.0 Å². The summed E-state index contributed by atoms with van der Waals surface area (Å²) in [7, 11) is 0. The summed E-state index contributed by atoms with van der Waals surface area (Å²) >= 11 is 0. The lowest BCUT2D eigenvalue weighted by atomic mass is 10.1. The van der Waals surface area contributed by atoms with Gasteiger partial charge >= 0.3 is 0 Å². The van der Waals surface area contributed by atoms with E-state index in [-0.39, 0.29) is 11.6 Å². The second-order valence-electron chi connectivity index (χ2n) is 5.79. The Bertz CT molecular complexity index is 741. The maximum atomic E-state index is 13.8. The molecule has 1 aromatic carbocycles. The molecule has 0 radical (unpaired) electrons. The lowest BCUT2D eigenvalue weighted by Crippen LogP contribution is -2.49. The van der Waals surface area contributed by atoms with Crippen molar-refractivity contribution in [3.8, 4) is 0 Å². The maximum Gasteiger partial charge on any atom is 0.256 e. The zero-order chi connectivity index (χ0) is 17.3. The molecule has 0 spiro atoms. The van der Waals surface area contributed by atoms with Crippen LogP contribution >= 0.6 is 0 Å². The predicted octanol–water partition coefficient (Wildman–Crippen LogP) is 2.18. The number of rotatable bonds is 3. The van der Waals surface area contributed by atoms with Gasteiger partial charge in [-0.25, -0.2) is 8.78 Å². The smallest absolute Gasteiger partial charge is 0.256 e. The van der Waals surface area contributed by atoms with Crippen LogP contribution in [-0.2, 0) is 0 Å². The number of nitrogens with zero attached hydrogens (tertiary/aromatic N) is 4. The van der Waals surface area contributed by atoms with Crippen molar-refractivity contribution in [2.75, 3.05) is 26.2 Å². The first-order chi connectivity index (χ1) is 11.5. The van der Waals surface area contributed by atoms with Crippen LogP contribution in [0, 0.1) is 18.6 Å². The summed E-state index contributed by atoms with van der Waals surface area (Å²) in [5, 5.41) is 7.84. The Labute approximate surface area is 138 Å². The van der Waals surface area contributed by atoms with Gasteiger partial charge < -0.3 is 9.32 Å². The number of piperazine rings is 1. The topological polar surface area (TPSA) is 62.5 Å². The van der Waals surface area contributed by atoms with Crippen LogP contribution in [0.1, 0.15) is 35.1 Å². The van der Waals surface area contributed by atoms with Gasteiger partial charge in [-0.05, 0) is 19.1 Å². The highest BCUT2D eigenvalue weighted by molar-refractivity contribution is 5.94. The van der Waals surface area contributed by atoms with Crippen LogP contribution in [0.4, 0.5) is 8.78 Å². The van der Waals surface area contributed by atoms with Gasteiger partial charge in [0.15, 0.2) is 0 Å². The first-order valence-electron chi connectivity index (χ1n) is 7.74. The van der Waals surface area contributed by atoms with Crippen LogP contribution in [0.2, 0.25) is 0 Å². The van der Waals surface area contributed by atoms with Gasteiger partial charge in [-0.1, -0.05) is 0 Å². The van der Waals surface area contributed by atoms with Crippen LogP contribution in [0.5, 0.6) is 0 Å². The molecule has 24 heavy (non-hydrogen) atoms. The molecule has 0 aliphatic carbocycles. The molecule has 6 nitrogen and oxygen atoms in total. The zero-order valence-electron chi connectivity index (χ0n) is 13.5. The molecule has 0 saturated carbocycles. The molecule has 1 aliphatic rings. The van der Waals surface area contributed by atoms with Crippen LogP contribution in [0.15, 0.2) is 22.6 Å². The fourth-order valence-electron chi connectivity index (χ4n) is 2.78. The molecule has 8 heteroatoms. The van der Waals surface area contributed by atoms with Crippen LogP contribution in [0.3, 0.4) is 0 Å². The Kier molecular flexibility index (Phi) is 4.57. The second-order valence-corrected chi connectivity index (χ2v) is 5.79. The molecule has 0 unspecified atom stereocenters. The van der Waals surface area contributed by atoms with Crippen molar-refractivity contribution in [2.45, 2.75) is 19.9 Å². The van der Waals surface area contributed by atoms with Gasteiger partial charge in [0.2, 0.25) is 11.8 Å². The van der Waals surface area contributed by atoms with Gasteiger partial charge in [0, 0.05) is 39.2 Å². The first-order valence-corrected chi connectivity index (χ1v) is 7.74. The highest BCUT2D eigenvalue weighted by Gasteiger charge is 2.28. The highest BCUT2D eigenvalue weighted by Crippen LogP contribution is 2.21. The summed E-state index contributed by atoms with van der Waals surface area (Å²) < 4.78 is 32.2. The highest BCUT2D eigenvalue weighted by atomic mass is 19.1. The Morgan fingerprint density at radius 2 is 1.92 bits per heavy atom. The van der Waals surface area contributed by atoms with Crippen molar-refractivity contribution in [2.24, 2.45) is 0 Å². The molecular formula is C16H18F2N4O2. The van der Waals surface area contributed by atoms with Crippen molar-refractivity contribution in [1.82, 2.24) is 20.0 Å². The Morgan fingerprint density at radius 3 is 2.50 bits per heavy atom. The number of carbonyl (C=O) groups excluding carboxylic acids is 1. The lowest BCUT2D eigenvalue weighted by Gasteiger charge is -2.36. The molecule has 2 aromatic rings. The molecule has 1 atom stereocenters. The Hall–Kier alpha value is -2.35. The van der Waals surface area contributed by atoms with Crippen molar-refractivity contribution in [3.63, 3.8) is 0 Å². The third-order valence-electron chi connectivity index (χ3n) is 4.21. The van der Waals surface area contributed by atoms with Gasteiger partial charge in [-0.15, -0.1) is 10.2 Å². The predicted molar refractivity (Wildman–Crippen MR) is 81.3 cm³/mol.